The summed E-state index contributed by atoms with van der Waals surface area (Å²) in [7, 11) is 0. The fourth-order valence-corrected chi connectivity index (χ4v) is 1.71. The highest BCUT2D eigenvalue weighted by Crippen LogP contribution is 2.17. The minimum atomic E-state index is 0.172. The highest BCUT2D eigenvalue weighted by atomic mass is 32.2. The van der Waals surface area contributed by atoms with E-state index in [0.717, 1.165) is 17.9 Å². The summed E-state index contributed by atoms with van der Waals surface area (Å²) < 4.78 is 0. The Kier molecular flexibility index (Phi) is 5.00. The first-order chi connectivity index (χ1) is 6.83. The standard InChI is InChI=1S/C11H13NOS/c1-2-3-4-8-11(13)14-10-7-5-6-9-12-10/h2,5-7,9H,1,3-4,8H2. The second kappa shape index (κ2) is 6.38. The predicted molar refractivity (Wildman–Crippen MR) is 59.1 cm³/mol. The van der Waals surface area contributed by atoms with Gasteiger partial charge in [0.1, 0.15) is 5.03 Å². The maximum absolute atomic E-state index is 11.4. The molecule has 0 spiro atoms. The van der Waals surface area contributed by atoms with Crippen LogP contribution in [0.2, 0.25) is 0 Å². The van der Waals surface area contributed by atoms with Crippen molar-refractivity contribution in [3.63, 3.8) is 0 Å². The molecular weight excluding hydrogens is 194 g/mol. The van der Waals surface area contributed by atoms with Gasteiger partial charge in [-0.1, -0.05) is 12.1 Å². The Hall–Kier alpha value is -1.09. The Morgan fingerprint density at radius 1 is 1.57 bits per heavy atom. The van der Waals surface area contributed by atoms with Crippen LogP contribution in [0.15, 0.2) is 42.1 Å². The van der Waals surface area contributed by atoms with Crippen molar-refractivity contribution in [3.05, 3.63) is 37.1 Å². The molecule has 0 N–H and O–H groups in total. The summed E-state index contributed by atoms with van der Waals surface area (Å²) in [6.07, 6.45) is 5.89. The SMILES string of the molecule is C=CCCCC(=O)Sc1ccccn1. The number of hydrogen-bond acceptors (Lipinski definition) is 3. The van der Waals surface area contributed by atoms with E-state index in [1.54, 1.807) is 6.20 Å². The van der Waals surface area contributed by atoms with Crippen LogP contribution in [0.25, 0.3) is 0 Å². The Labute approximate surface area is 88.4 Å². The first-order valence-corrected chi connectivity index (χ1v) is 5.37. The van der Waals surface area contributed by atoms with Crippen LogP contribution in [0.1, 0.15) is 19.3 Å². The zero-order valence-corrected chi connectivity index (χ0v) is 8.80. The molecule has 0 fully saturated rings. The van der Waals surface area contributed by atoms with Crippen molar-refractivity contribution < 1.29 is 4.79 Å². The number of unbranched alkanes of at least 4 members (excludes halogenated alkanes) is 1. The molecule has 14 heavy (non-hydrogen) atoms. The largest absolute Gasteiger partial charge is 0.287 e. The molecule has 0 aliphatic carbocycles. The van der Waals surface area contributed by atoms with Gasteiger partial charge in [-0.05, 0) is 36.7 Å². The summed E-state index contributed by atoms with van der Waals surface area (Å²) in [5.74, 6) is 0. The van der Waals surface area contributed by atoms with Gasteiger partial charge in [-0.25, -0.2) is 4.98 Å². The lowest BCUT2D eigenvalue weighted by atomic mass is 10.2. The molecule has 1 heterocycles. The third-order valence-corrected chi connectivity index (χ3v) is 2.53. The molecule has 0 amide bonds. The van der Waals surface area contributed by atoms with Gasteiger partial charge in [0.15, 0.2) is 5.12 Å². The van der Waals surface area contributed by atoms with Crippen LogP contribution in [0, 0.1) is 0 Å². The molecule has 1 rings (SSSR count). The van der Waals surface area contributed by atoms with Gasteiger partial charge in [0.2, 0.25) is 0 Å². The summed E-state index contributed by atoms with van der Waals surface area (Å²) in [4.78, 5) is 15.4. The lowest BCUT2D eigenvalue weighted by Crippen LogP contribution is -1.91. The molecule has 0 aromatic carbocycles. The van der Waals surface area contributed by atoms with E-state index in [1.807, 2.05) is 24.3 Å². The van der Waals surface area contributed by atoms with E-state index in [4.69, 9.17) is 0 Å². The first-order valence-electron chi connectivity index (χ1n) is 4.55. The molecule has 0 aliphatic rings. The van der Waals surface area contributed by atoms with Crippen molar-refractivity contribution >= 4 is 16.9 Å². The van der Waals surface area contributed by atoms with Gasteiger partial charge >= 0.3 is 0 Å². The number of pyridine rings is 1. The van der Waals surface area contributed by atoms with Crippen molar-refractivity contribution in [3.8, 4) is 0 Å². The normalized spacial score (nSPS) is 9.71. The fourth-order valence-electron chi connectivity index (χ4n) is 0.966. The maximum Gasteiger partial charge on any atom is 0.195 e. The van der Waals surface area contributed by atoms with Crippen LogP contribution in [-0.4, -0.2) is 10.1 Å². The smallest absolute Gasteiger partial charge is 0.195 e. The summed E-state index contributed by atoms with van der Waals surface area (Å²) in [6, 6.07) is 5.56. The molecule has 0 saturated carbocycles. The second-order valence-corrected chi connectivity index (χ2v) is 3.90. The number of aromatic nitrogens is 1. The minimum Gasteiger partial charge on any atom is -0.287 e. The van der Waals surface area contributed by atoms with Crippen molar-refractivity contribution in [2.24, 2.45) is 0 Å². The van der Waals surface area contributed by atoms with E-state index in [2.05, 4.69) is 11.6 Å². The van der Waals surface area contributed by atoms with Crippen LogP contribution >= 0.6 is 11.8 Å². The van der Waals surface area contributed by atoms with Crippen LogP contribution in [0.4, 0.5) is 0 Å². The second-order valence-electron chi connectivity index (χ2n) is 2.82. The Balaban J connectivity index is 2.31. The number of thioether (sulfide) groups is 1. The number of hydrogen-bond donors (Lipinski definition) is 0. The van der Waals surface area contributed by atoms with E-state index < -0.39 is 0 Å². The van der Waals surface area contributed by atoms with Gasteiger partial charge < -0.3 is 0 Å². The van der Waals surface area contributed by atoms with Crippen LogP contribution < -0.4 is 0 Å². The summed E-state index contributed by atoms with van der Waals surface area (Å²) in [6.45, 7) is 3.61. The third kappa shape index (κ3) is 4.23. The molecule has 0 aliphatic heterocycles. The van der Waals surface area contributed by atoms with Crippen molar-refractivity contribution in [1.29, 1.82) is 0 Å². The number of carbonyl (C=O) groups is 1. The van der Waals surface area contributed by atoms with E-state index in [0.29, 0.717) is 6.42 Å². The van der Waals surface area contributed by atoms with Crippen LogP contribution in [-0.2, 0) is 4.79 Å². The fraction of sp³-hybridized carbons (Fsp3) is 0.273. The Bertz CT molecular complexity index is 297. The molecule has 0 atom stereocenters. The molecular formula is C11H13NOS. The molecule has 0 unspecified atom stereocenters. The predicted octanol–water partition coefficient (Wildman–Crippen LogP) is 3.06. The summed E-state index contributed by atoms with van der Waals surface area (Å²) in [5.41, 5.74) is 0. The molecule has 0 radical (unpaired) electrons. The summed E-state index contributed by atoms with van der Waals surface area (Å²) in [5, 5.41) is 0.946. The topological polar surface area (TPSA) is 30.0 Å². The van der Waals surface area contributed by atoms with Gasteiger partial charge in [-0.3, -0.25) is 4.79 Å². The molecule has 0 bridgehead atoms. The minimum absolute atomic E-state index is 0.172. The average molecular weight is 207 g/mol. The van der Waals surface area contributed by atoms with Gasteiger partial charge in [-0.15, -0.1) is 6.58 Å². The molecule has 1 aromatic heterocycles. The molecule has 74 valence electrons. The van der Waals surface area contributed by atoms with Gasteiger partial charge in [0.25, 0.3) is 0 Å². The quantitative estimate of drug-likeness (QED) is 0.422. The van der Waals surface area contributed by atoms with Crippen molar-refractivity contribution in [2.75, 3.05) is 0 Å². The monoisotopic (exact) mass is 207 g/mol. The number of allylic oxidation sites excluding steroid dienone is 1. The first kappa shape index (κ1) is 11.0. The third-order valence-electron chi connectivity index (χ3n) is 1.65. The van der Waals surface area contributed by atoms with Gasteiger partial charge in [-0.2, -0.15) is 0 Å². The molecule has 1 aromatic rings. The van der Waals surface area contributed by atoms with Crippen molar-refractivity contribution in [2.45, 2.75) is 24.3 Å². The molecule has 0 saturated heterocycles. The van der Waals surface area contributed by atoms with E-state index in [-0.39, 0.29) is 5.12 Å². The van der Waals surface area contributed by atoms with E-state index in [9.17, 15) is 4.79 Å². The average Bonchev–Trinajstić information content (AvgIpc) is 2.20. The zero-order chi connectivity index (χ0) is 10.2. The summed E-state index contributed by atoms with van der Waals surface area (Å²) >= 11 is 1.21. The van der Waals surface area contributed by atoms with Crippen molar-refractivity contribution in [1.82, 2.24) is 4.98 Å². The number of carbonyl (C=O) groups excluding carboxylic acids is 1. The van der Waals surface area contributed by atoms with Gasteiger partial charge in [0, 0.05) is 12.6 Å². The van der Waals surface area contributed by atoms with E-state index >= 15 is 0 Å². The highest BCUT2D eigenvalue weighted by molar-refractivity contribution is 8.13. The van der Waals surface area contributed by atoms with E-state index in [1.165, 1.54) is 11.8 Å². The molecule has 2 nitrogen and oxygen atoms in total. The lowest BCUT2D eigenvalue weighted by Gasteiger charge is -1.97. The Morgan fingerprint density at radius 3 is 3.07 bits per heavy atom. The lowest BCUT2D eigenvalue weighted by molar-refractivity contribution is -0.111. The van der Waals surface area contributed by atoms with Crippen LogP contribution in [0.5, 0.6) is 0 Å². The Morgan fingerprint density at radius 2 is 2.43 bits per heavy atom. The number of rotatable bonds is 5. The number of nitrogens with zero attached hydrogens (tertiary/aromatic N) is 1. The molecule has 3 heteroatoms. The van der Waals surface area contributed by atoms with Crippen LogP contribution in [0.3, 0.4) is 0 Å². The highest BCUT2D eigenvalue weighted by Gasteiger charge is 2.03. The van der Waals surface area contributed by atoms with Gasteiger partial charge in [0.05, 0.1) is 0 Å². The zero-order valence-electron chi connectivity index (χ0n) is 7.98. The maximum atomic E-state index is 11.4.